The first-order valence-corrected chi connectivity index (χ1v) is 22.4. The van der Waals surface area contributed by atoms with E-state index in [4.69, 9.17) is 9.16 Å². The van der Waals surface area contributed by atoms with Gasteiger partial charge in [-0.15, -0.1) is 0 Å². The van der Waals surface area contributed by atoms with Gasteiger partial charge in [0.2, 0.25) is 0 Å². The fraction of sp³-hybridized carbons (Fsp3) is 0.651. The van der Waals surface area contributed by atoms with Crippen molar-refractivity contribution in [3.63, 3.8) is 0 Å². The third-order valence-electron chi connectivity index (χ3n) is 11.7. The maximum Gasteiger partial charge on any atom is 0.338 e. The van der Waals surface area contributed by atoms with E-state index < -0.39 is 19.3 Å². The molecule has 2 N–H and O–H groups in total. The van der Waals surface area contributed by atoms with Crippen LogP contribution in [0.25, 0.3) is 0 Å². The van der Waals surface area contributed by atoms with Crippen molar-refractivity contribution in [3.05, 3.63) is 80.4 Å². The molecule has 1 aromatic rings. The first-order valence-electron chi connectivity index (χ1n) is 18.7. The number of allylic oxidation sites excluding steroid dienone is 5. The Balaban J connectivity index is 2.34. The van der Waals surface area contributed by atoms with E-state index >= 15 is 0 Å². The number of benzene rings is 1. The average molecular weight is 774 g/mol. The number of hydrogen-bond acceptors (Lipinski definition) is 5. The first-order chi connectivity index (χ1) is 23.1. The summed E-state index contributed by atoms with van der Waals surface area (Å²) in [4.78, 5) is 13.3. The van der Waals surface area contributed by atoms with Crippen molar-refractivity contribution in [2.75, 3.05) is 13.2 Å². The zero-order chi connectivity index (χ0) is 37.9. The Morgan fingerprint density at radius 1 is 1.04 bits per heavy atom. The van der Waals surface area contributed by atoms with Gasteiger partial charge in [0.05, 0.1) is 17.8 Å². The number of rotatable bonds is 17. The van der Waals surface area contributed by atoms with E-state index in [1.165, 1.54) is 16.7 Å². The normalized spacial score (nSPS) is 23.8. The van der Waals surface area contributed by atoms with E-state index in [0.717, 1.165) is 60.6 Å². The first kappa shape index (κ1) is 44.4. The summed E-state index contributed by atoms with van der Waals surface area (Å²) >= 11 is 3.45. The number of ether oxygens (including phenoxy) is 1. The number of aliphatic hydroxyl groups excluding tert-OH is 1. The van der Waals surface area contributed by atoms with E-state index in [9.17, 15) is 15.0 Å². The Hall–Kier alpha value is -1.77. The van der Waals surface area contributed by atoms with Gasteiger partial charge in [-0.2, -0.15) is 0 Å². The second-order valence-corrected chi connectivity index (χ2v) is 22.7. The summed E-state index contributed by atoms with van der Waals surface area (Å²) in [6.45, 7) is 26.9. The molecule has 4 atom stereocenters. The van der Waals surface area contributed by atoms with Crippen molar-refractivity contribution in [1.82, 2.24) is 0 Å². The second kappa shape index (κ2) is 19.3. The Kier molecular flexibility index (Phi) is 17.2. The molecular formula is C43H69BrO5Si. The van der Waals surface area contributed by atoms with Gasteiger partial charge in [0.1, 0.15) is 6.10 Å². The summed E-state index contributed by atoms with van der Waals surface area (Å²) in [5.74, 6) is -0.199. The zero-order valence-corrected chi connectivity index (χ0v) is 36.1. The van der Waals surface area contributed by atoms with Gasteiger partial charge >= 0.3 is 5.97 Å². The van der Waals surface area contributed by atoms with E-state index in [1.807, 2.05) is 26.0 Å². The van der Waals surface area contributed by atoms with Crippen molar-refractivity contribution < 1.29 is 24.2 Å². The van der Waals surface area contributed by atoms with Crippen LogP contribution in [-0.2, 0) is 9.16 Å². The zero-order valence-electron chi connectivity index (χ0n) is 33.5. The largest absolute Gasteiger partial charge is 0.454 e. The van der Waals surface area contributed by atoms with E-state index in [-0.39, 0.29) is 29.6 Å². The molecule has 1 saturated carbocycles. The van der Waals surface area contributed by atoms with Crippen LogP contribution < -0.4 is 0 Å². The second-order valence-electron chi connectivity index (χ2n) is 17.0. The number of aliphatic hydroxyl groups is 2. The third kappa shape index (κ3) is 12.7. The monoisotopic (exact) mass is 772 g/mol. The molecular weight excluding hydrogens is 704 g/mol. The molecule has 0 unspecified atom stereocenters. The summed E-state index contributed by atoms with van der Waals surface area (Å²) in [7, 11) is -1.86. The topological polar surface area (TPSA) is 76.0 Å². The lowest BCUT2D eigenvalue weighted by Crippen LogP contribution is -2.52. The highest BCUT2D eigenvalue weighted by molar-refractivity contribution is 9.10. The van der Waals surface area contributed by atoms with Gasteiger partial charge in [0.15, 0.2) is 8.32 Å². The molecule has 1 aliphatic rings. The van der Waals surface area contributed by atoms with Crippen LogP contribution in [0.3, 0.4) is 0 Å². The highest BCUT2D eigenvalue weighted by atomic mass is 79.9. The van der Waals surface area contributed by atoms with Gasteiger partial charge in [-0.05, 0) is 152 Å². The van der Waals surface area contributed by atoms with Gasteiger partial charge in [0, 0.05) is 22.9 Å². The highest BCUT2D eigenvalue weighted by Gasteiger charge is 2.52. The van der Waals surface area contributed by atoms with Crippen molar-refractivity contribution in [3.8, 4) is 0 Å². The molecule has 0 saturated heterocycles. The molecule has 0 aromatic heterocycles. The molecule has 282 valence electrons. The SMILES string of the molecule is CC(C)=CCC/C(C)=C/C[C@@H](OC(=O)c1ccc(Br)cc1)/C(C)=C/CC[C@@]1(C)[C@H](CCCO[Si](C)(C)C(C)(C)C)/C(=C(/C)CO)CC[C@]1(C)O. The minimum absolute atomic E-state index is 0.0379. The summed E-state index contributed by atoms with van der Waals surface area (Å²) in [5, 5.41) is 22.4. The van der Waals surface area contributed by atoms with Gasteiger partial charge < -0.3 is 19.4 Å². The van der Waals surface area contributed by atoms with Crippen molar-refractivity contribution in [1.29, 1.82) is 0 Å². The van der Waals surface area contributed by atoms with Crippen LogP contribution >= 0.6 is 15.9 Å². The Morgan fingerprint density at radius 3 is 2.26 bits per heavy atom. The molecule has 0 radical (unpaired) electrons. The number of esters is 1. The maximum absolute atomic E-state index is 13.3. The van der Waals surface area contributed by atoms with Crippen LogP contribution in [0.4, 0.5) is 0 Å². The van der Waals surface area contributed by atoms with Crippen LogP contribution in [0.5, 0.6) is 0 Å². The number of carbonyl (C=O) groups excluding carboxylic acids is 1. The highest BCUT2D eigenvalue weighted by Crippen LogP contribution is 2.55. The molecule has 1 fully saturated rings. The smallest absolute Gasteiger partial charge is 0.338 e. The van der Waals surface area contributed by atoms with E-state index in [2.05, 4.69) is 103 Å². The van der Waals surface area contributed by atoms with Gasteiger partial charge in [0.25, 0.3) is 0 Å². The maximum atomic E-state index is 13.3. The lowest BCUT2D eigenvalue weighted by atomic mass is 9.54. The minimum Gasteiger partial charge on any atom is -0.454 e. The quantitative estimate of drug-likeness (QED) is 0.0714. The Morgan fingerprint density at radius 2 is 1.68 bits per heavy atom. The fourth-order valence-electron chi connectivity index (χ4n) is 6.82. The predicted octanol–water partition coefficient (Wildman–Crippen LogP) is 12.1. The fourth-order valence-corrected chi connectivity index (χ4v) is 8.17. The standard InChI is InChI=1S/C43H69BrO5Si/c1-31(2)16-13-17-32(3)20-25-39(49-40(46)35-21-23-36(44)24-22-35)33(4)18-14-27-42(9)38(19-15-29-48-50(11,12)41(6,7)8)37(34(5)30-45)26-28-43(42,10)47/h16,18,20-24,38-39,45,47H,13-15,17,19,25-30H2,1-12H3/b32-20+,33-18+,37-34-/t38-,39-,42+,43+/m1/s1. The lowest BCUT2D eigenvalue weighted by molar-refractivity contribution is -0.113. The van der Waals surface area contributed by atoms with Crippen LogP contribution in [0, 0.1) is 11.3 Å². The van der Waals surface area contributed by atoms with Gasteiger partial charge in [-0.1, -0.05) is 78.6 Å². The van der Waals surface area contributed by atoms with Crippen molar-refractivity contribution in [2.45, 2.75) is 157 Å². The molecule has 0 bridgehead atoms. The number of carbonyl (C=O) groups is 1. The minimum atomic E-state index is -1.86. The average Bonchev–Trinajstić information content (AvgIpc) is 3.02. The molecule has 1 aromatic carbocycles. The Bertz CT molecular complexity index is 1370. The molecule has 5 nitrogen and oxygen atoms in total. The van der Waals surface area contributed by atoms with Crippen LogP contribution in [0.2, 0.25) is 18.1 Å². The summed E-state index contributed by atoms with van der Waals surface area (Å²) in [6, 6.07) is 7.28. The van der Waals surface area contributed by atoms with E-state index in [1.54, 1.807) is 12.1 Å². The Labute approximate surface area is 315 Å². The molecule has 50 heavy (non-hydrogen) atoms. The number of hydrogen-bond donors (Lipinski definition) is 2. The molecule has 0 amide bonds. The van der Waals surface area contributed by atoms with Crippen molar-refractivity contribution in [2.24, 2.45) is 11.3 Å². The van der Waals surface area contributed by atoms with Crippen LogP contribution in [0.1, 0.15) is 137 Å². The lowest BCUT2D eigenvalue weighted by Gasteiger charge is -2.54. The van der Waals surface area contributed by atoms with Gasteiger partial charge in [-0.25, -0.2) is 4.79 Å². The molecule has 0 heterocycles. The van der Waals surface area contributed by atoms with Gasteiger partial charge in [-0.3, -0.25) is 0 Å². The number of halogens is 1. The molecule has 1 aliphatic carbocycles. The summed E-state index contributed by atoms with van der Waals surface area (Å²) < 4.78 is 13.6. The van der Waals surface area contributed by atoms with E-state index in [0.29, 0.717) is 25.0 Å². The predicted molar refractivity (Wildman–Crippen MR) is 217 cm³/mol. The molecule has 7 heteroatoms. The van der Waals surface area contributed by atoms with Crippen LogP contribution in [-0.4, -0.2) is 49.4 Å². The molecule has 0 spiro atoms. The van der Waals surface area contributed by atoms with Crippen molar-refractivity contribution >= 4 is 30.2 Å². The summed E-state index contributed by atoms with van der Waals surface area (Å²) in [5.41, 5.74) is 5.20. The molecule has 2 rings (SSSR count). The summed E-state index contributed by atoms with van der Waals surface area (Å²) in [6.07, 6.45) is 13.7. The van der Waals surface area contributed by atoms with Crippen LogP contribution in [0.15, 0.2) is 74.8 Å². The third-order valence-corrected chi connectivity index (χ3v) is 16.8. The molecule has 0 aliphatic heterocycles.